The molecule has 0 aliphatic rings. The highest BCUT2D eigenvalue weighted by Crippen LogP contribution is 2.20. The van der Waals surface area contributed by atoms with Crippen molar-refractivity contribution in [3.63, 3.8) is 0 Å². The quantitative estimate of drug-likeness (QED) is 0.872. The number of nitrogens with one attached hydrogen (secondary N) is 1. The first-order valence-corrected chi connectivity index (χ1v) is 6.17. The van der Waals surface area contributed by atoms with Gasteiger partial charge in [-0.3, -0.25) is 0 Å². The van der Waals surface area contributed by atoms with Crippen LogP contribution in [-0.4, -0.2) is 19.0 Å². The molecular formula is C15H20N2O. The van der Waals surface area contributed by atoms with Crippen LogP contribution < -0.4 is 5.32 Å². The van der Waals surface area contributed by atoms with Crippen LogP contribution in [-0.2, 0) is 6.54 Å². The molecule has 1 aromatic heterocycles. The summed E-state index contributed by atoms with van der Waals surface area (Å²) in [6.45, 7) is 3.08. The summed E-state index contributed by atoms with van der Waals surface area (Å²) in [5.41, 5.74) is 3.61. The molecule has 2 rings (SSSR count). The Morgan fingerprint density at radius 1 is 1.28 bits per heavy atom. The fourth-order valence-electron chi connectivity index (χ4n) is 1.98. The number of nitrogens with zero attached hydrogens (tertiary/aromatic N) is 1. The Bertz CT molecular complexity index is 477. The summed E-state index contributed by atoms with van der Waals surface area (Å²) in [5, 5.41) is 3.48. The van der Waals surface area contributed by atoms with E-state index in [0.717, 1.165) is 17.8 Å². The Kier molecular flexibility index (Phi) is 4.05. The molecule has 0 aliphatic carbocycles. The number of anilines is 1. The molecule has 2 aromatic rings. The molecular weight excluding hydrogens is 224 g/mol. The van der Waals surface area contributed by atoms with Crippen LogP contribution in [0.15, 0.2) is 47.3 Å². The summed E-state index contributed by atoms with van der Waals surface area (Å²) in [7, 11) is 4.16. The van der Waals surface area contributed by atoms with Crippen molar-refractivity contribution in [2.24, 2.45) is 0 Å². The minimum atomic E-state index is 0.248. The smallest absolute Gasteiger partial charge is 0.0955 e. The number of furan rings is 1. The highest BCUT2D eigenvalue weighted by molar-refractivity contribution is 5.47. The first kappa shape index (κ1) is 12.7. The predicted octanol–water partition coefficient (Wildman–Crippen LogP) is 3.51. The van der Waals surface area contributed by atoms with Gasteiger partial charge in [-0.05, 0) is 44.8 Å². The third-order valence-corrected chi connectivity index (χ3v) is 2.85. The van der Waals surface area contributed by atoms with Crippen molar-refractivity contribution in [2.75, 3.05) is 19.4 Å². The second-order valence-corrected chi connectivity index (χ2v) is 4.86. The maximum Gasteiger partial charge on any atom is 0.0955 e. The van der Waals surface area contributed by atoms with Gasteiger partial charge in [-0.2, -0.15) is 0 Å². The summed E-state index contributed by atoms with van der Waals surface area (Å²) < 4.78 is 5.10. The average Bonchev–Trinajstić information content (AvgIpc) is 2.81. The third kappa shape index (κ3) is 3.37. The topological polar surface area (TPSA) is 28.4 Å². The van der Waals surface area contributed by atoms with Crippen LogP contribution in [0.25, 0.3) is 0 Å². The zero-order chi connectivity index (χ0) is 13.0. The third-order valence-electron chi connectivity index (χ3n) is 2.85. The Labute approximate surface area is 108 Å². The summed E-state index contributed by atoms with van der Waals surface area (Å²) in [6, 6.07) is 10.8. The van der Waals surface area contributed by atoms with Crippen LogP contribution in [0.4, 0.5) is 5.69 Å². The van der Waals surface area contributed by atoms with E-state index in [2.05, 4.69) is 55.5 Å². The second kappa shape index (κ2) is 5.74. The van der Waals surface area contributed by atoms with Crippen molar-refractivity contribution in [2.45, 2.75) is 19.5 Å². The maximum atomic E-state index is 5.10. The number of hydrogen-bond acceptors (Lipinski definition) is 3. The van der Waals surface area contributed by atoms with E-state index in [9.17, 15) is 0 Å². The number of rotatable bonds is 5. The lowest BCUT2D eigenvalue weighted by Crippen LogP contribution is -2.11. The van der Waals surface area contributed by atoms with Gasteiger partial charge in [0, 0.05) is 17.8 Å². The van der Waals surface area contributed by atoms with E-state index in [1.54, 1.807) is 12.5 Å². The van der Waals surface area contributed by atoms with Gasteiger partial charge >= 0.3 is 0 Å². The molecule has 96 valence electrons. The summed E-state index contributed by atoms with van der Waals surface area (Å²) in [5.74, 6) is 0. The molecule has 0 saturated heterocycles. The van der Waals surface area contributed by atoms with E-state index in [0.29, 0.717) is 0 Å². The first-order chi connectivity index (χ1) is 8.65. The molecule has 0 aliphatic heterocycles. The maximum absolute atomic E-state index is 5.10. The molecule has 0 bridgehead atoms. The zero-order valence-corrected chi connectivity index (χ0v) is 11.2. The van der Waals surface area contributed by atoms with Gasteiger partial charge in [0.25, 0.3) is 0 Å². The monoisotopic (exact) mass is 244 g/mol. The van der Waals surface area contributed by atoms with E-state index in [4.69, 9.17) is 4.42 Å². The Morgan fingerprint density at radius 3 is 2.78 bits per heavy atom. The van der Waals surface area contributed by atoms with Gasteiger partial charge in [-0.15, -0.1) is 0 Å². The molecule has 3 nitrogen and oxygen atoms in total. The molecule has 0 saturated carbocycles. The van der Waals surface area contributed by atoms with Gasteiger partial charge < -0.3 is 14.6 Å². The summed E-state index contributed by atoms with van der Waals surface area (Å²) >= 11 is 0. The number of hydrogen-bond donors (Lipinski definition) is 1. The van der Waals surface area contributed by atoms with Crippen LogP contribution in [0, 0.1) is 0 Å². The van der Waals surface area contributed by atoms with Crippen LogP contribution >= 0.6 is 0 Å². The molecule has 1 aromatic carbocycles. The molecule has 1 heterocycles. The second-order valence-electron chi connectivity index (χ2n) is 4.86. The van der Waals surface area contributed by atoms with E-state index < -0.39 is 0 Å². The van der Waals surface area contributed by atoms with Gasteiger partial charge in [-0.25, -0.2) is 0 Å². The van der Waals surface area contributed by atoms with E-state index in [1.807, 2.05) is 6.07 Å². The number of benzene rings is 1. The van der Waals surface area contributed by atoms with Gasteiger partial charge in [0.1, 0.15) is 0 Å². The minimum Gasteiger partial charge on any atom is -0.472 e. The Morgan fingerprint density at radius 2 is 2.11 bits per heavy atom. The van der Waals surface area contributed by atoms with Gasteiger partial charge in [0.15, 0.2) is 0 Å². The van der Waals surface area contributed by atoms with Crippen molar-refractivity contribution in [1.29, 1.82) is 0 Å². The van der Waals surface area contributed by atoms with Gasteiger partial charge in [0.2, 0.25) is 0 Å². The minimum absolute atomic E-state index is 0.248. The van der Waals surface area contributed by atoms with Gasteiger partial charge in [-0.1, -0.05) is 12.1 Å². The normalized spacial score (nSPS) is 12.7. The molecule has 3 heteroatoms. The van der Waals surface area contributed by atoms with E-state index in [1.165, 1.54) is 5.56 Å². The zero-order valence-electron chi connectivity index (χ0n) is 11.2. The fourth-order valence-corrected chi connectivity index (χ4v) is 1.98. The van der Waals surface area contributed by atoms with Crippen molar-refractivity contribution >= 4 is 5.69 Å². The summed E-state index contributed by atoms with van der Waals surface area (Å²) in [6.07, 6.45) is 3.48. The standard InChI is InChI=1S/C15H20N2O/c1-12(14-7-8-18-11-14)16-15-6-4-5-13(9-15)10-17(2)3/h4-9,11-12,16H,10H2,1-3H3. The molecule has 0 spiro atoms. The van der Waals surface area contributed by atoms with Crippen LogP contribution in [0.5, 0.6) is 0 Å². The van der Waals surface area contributed by atoms with Crippen molar-refractivity contribution in [3.05, 3.63) is 54.0 Å². The first-order valence-electron chi connectivity index (χ1n) is 6.17. The lowest BCUT2D eigenvalue weighted by molar-refractivity contribution is 0.402. The molecule has 0 fully saturated rings. The van der Waals surface area contributed by atoms with Crippen LogP contribution in [0.1, 0.15) is 24.1 Å². The van der Waals surface area contributed by atoms with Crippen molar-refractivity contribution in [3.8, 4) is 0 Å². The fraction of sp³-hybridized carbons (Fsp3) is 0.333. The van der Waals surface area contributed by atoms with Crippen molar-refractivity contribution in [1.82, 2.24) is 4.90 Å². The lowest BCUT2D eigenvalue weighted by Gasteiger charge is -2.15. The van der Waals surface area contributed by atoms with Crippen LogP contribution in [0.3, 0.4) is 0 Å². The highest BCUT2D eigenvalue weighted by Gasteiger charge is 2.06. The largest absolute Gasteiger partial charge is 0.472 e. The van der Waals surface area contributed by atoms with E-state index in [-0.39, 0.29) is 6.04 Å². The van der Waals surface area contributed by atoms with Gasteiger partial charge in [0.05, 0.1) is 18.6 Å². The molecule has 1 atom stereocenters. The molecule has 18 heavy (non-hydrogen) atoms. The molecule has 1 unspecified atom stereocenters. The predicted molar refractivity (Wildman–Crippen MR) is 74.6 cm³/mol. The van der Waals surface area contributed by atoms with Crippen molar-refractivity contribution < 1.29 is 4.42 Å². The van der Waals surface area contributed by atoms with Crippen LogP contribution in [0.2, 0.25) is 0 Å². The lowest BCUT2D eigenvalue weighted by atomic mass is 10.1. The molecule has 0 amide bonds. The molecule has 0 radical (unpaired) electrons. The Balaban J connectivity index is 2.05. The van der Waals surface area contributed by atoms with E-state index >= 15 is 0 Å². The summed E-state index contributed by atoms with van der Waals surface area (Å²) in [4.78, 5) is 2.17. The Hall–Kier alpha value is -1.74. The SMILES string of the molecule is CC(Nc1cccc(CN(C)C)c1)c1ccoc1. The average molecular weight is 244 g/mol. The molecule has 1 N–H and O–H groups in total. The highest BCUT2D eigenvalue weighted by atomic mass is 16.3.